The van der Waals surface area contributed by atoms with Crippen molar-refractivity contribution in [3.05, 3.63) is 182 Å². The Morgan fingerprint density at radius 3 is 1.91 bits per heavy atom. The predicted octanol–water partition coefficient (Wildman–Crippen LogP) is 7.36. The number of phenols is 1. The van der Waals surface area contributed by atoms with E-state index in [2.05, 4.69) is 19.9 Å². The number of aromatic hydroxyl groups is 1. The number of carbonyl (C=O) groups excluding carboxylic acids is 3. The van der Waals surface area contributed by atoms with Crippen molar-refractivity contribution in [3.63, 3.8) is 0 Å². The summed E-state index contributed by atoms with van der Waals surface area (Å²) in [4.78, 5) is 77.4. The van der Waals surface area contributed by atoms with Gasteiger partial charge in [0, 0.05) is 58.0 Å². The van der Waals surface area contributed by atoms with E-state index >= 15 is 13.5 Å². The molecule has 0 amide bonds. The summed E-state index contributed by atoms with van der Waals surface area (Å²) in [5, 5.41) is 9.68. The van der Waals surface area contributed by atoms with Gasteiger partial charge in [0.25, 0.3) is 5.56 Å². The SMILES string of the molecule is Nc1ncnc2c1ncn2[C@@H]1O[C@@H]2COP(=O)(SCc3ccc(C(=O)c4ccc(C=O)cc4)cc3)O[C@H]3C[C@H](n4ccc(=O)[nH]c4=O)O[C@@H]3COP(=O)(SCc3ccc(C(=O)c4ccc(O)cc4)cc3)O[C@@H]1[C@@H]2F. The van der Waals surface area contributed by atoms with Crippen molar-refractivity contribution in [2.24, 2.45) is 0 Å². The Bertz CT molecular complexity index is 3460. The lowest BCUT2D eigenvalue weighted by atomic mass is 10.0. The summed E-state index contributed by atoms with van der Waals surface area (Å²) in [6.45, 7) is -10.3. The van der Waals surface area contributed by atoms with E-state index < -0.39 is 81.1 Å². The van der Waals surface area contributed by atoms with Gasteiger partial charge in [0.05, 0.1) is 19.5 Å². The standard InChI is InChI=1S/C48H42FN7O14P2S2/c49-40-37-22-66-71(63,73-23-28-3-9-31(10-4-28)42(60)30-7-1-27(20-57)2-8-30)69-35-19-39(55-18-17-38(59)54-48(55)62)67-36(35)21-65-72(64,70-44(40)47(68-37)56-26-53-41-45(50)51-25-52-46(41)56)74-24-29-5-11-32(12-6-29)43(61)33-13-15-34(58)16-14-33/h1-18,20,25-26,35-37,39-40,44,47,58H,19,21-24H2,(H2,50,51,52)(H,54,59,62)/t35-,36+,37+,39+,40+,44+,47+,71?,72?/m0/s1. The van der Waals surface area contributed by atoms with Gasteiger partial charge in [-0.05, 0) is 58.2 Å². The largest absolute Gasteiger partial charge is 0.508 e. The second-order valence-corrected chi connectivity index (χ2v) is 25.1. The number of aldehydes is 1. The van der Waals surface area contributed by atoms with Gasteiger partial charge >= 0.3 is 19.3 Å². The van der Waals surface area contributed by atoms with Crippen LogP contribution in [0.3, 0.4) is 0 Å². The number of aromatic amines is 1. The molecule has 21 nitrogen and oxygen atoms in total. The zero-order valence-electron chi connectivity index (χ0n) is 38.4. The number of hydrogen-bond acceptors (Lipinski definition) is 20. The maximum absolute atomic E-state index is 17.2. The molecule has 3 fully saturated rings. The van der Waals surface area contributed by atoms with E-state index in [-0.39, 0.29) is 52.2 Å². The molecule has 3 aliphatic heterocycles. The molecule has 26 heteroatoms. The summed E-state index contributed by atoms with van der Waals surface area (Å²) in [6, 6.07) is 26.0. The number of ketones is 2. The normalized spacial score (nSPS) is 26.1. The lowest BCUT2D eigenvalue weighted by Crippen LogP contribution is -2.32. The average molecular weight is 1090 g/mol. The van der Waals surface area contributed by atoms with E-state index in [1.54, 1.807) is 60.7 Å². The van der Waals surface area contributed by atoms with Crippen LogP contribution in [-0.2, 0) is 48.2 Å². The second kappa shape index (κ2) is 21.4. The average Bonchev–Trinajstić information content (AvgIpc) is 4.11. The lowest BCUT2D eigenvalue weighted by Gasteiger charge is -2.28. The number of aromatic nitrogens is 6. The van der Waals surface area contributed by atoms with Crippen molar-refractivity contribution in [1.29, 1.82) is 0 Å². The number of hydrogen-bond donors (Lipinski definition) is 3. The molecule has 7 aromatic rings. The molecule has 9 atom stereocenters. The minimum absolute atomic E-state index is 0.00391. The van der Waals surface area contributed by atoms with Crippen LogP contribution in [0.4, 0.5) is 10.2 Å². The number of carbonyl (C=O) groups is 3. The minimum Gasteiger partial charge on any atom is -0.508 e. The van der Waals surface area contributed by atoms with Gasteiger partial charge in [-0.1, -0.05) is 72.8 Å². The van der Waals surface area contributed by atoms with Crippen LogP contribution < -0.4 is 17.0 Å². The Labute approximate surface area is 426 Å². The highest BCUT2D eigenvalue weighted by molar-refractivity contribution is 8.55. The summed E-state index contributed by atoms with van der Waals surface area (Å²) in [7, 11) is 0. The summed E-state index contributed by atoms with van der Waals surface area (Å²) < 4.78 is 87.6. The number of nitrogens with two attached hydrogens (primary N) is 1. The Morgan fingerprint density at radius 2 is 1.31 bits per heavy atom. The molecule has 74 heavy (non-hydrogen) atoms. The first-order valence-corrected chi connectivity index (χ1v) is 28.9. The number of rotatable bonds is 13. The van der Waals surface area contributed by atoms with Crippen LogP contribution >= 0.6 is 36.4 Å². The molecule has 4 N–H and O–H groups in total. The van der Waals surface area contributed by atoms with Crippen LogP contribution in [0, 0.1) is 0 Å². The van der Waals surface area contributed by atoms with E-state index in [0.29, 0.717) is 56.6 Å². The molecular weight excluding hydrogens is 1040 g/mol. The molecule has 10 rings (SSSR count). The first-order valence-electron chi connectivity index (χ1n) is 22.6. The number of nitrogens with zero attached hydrogens (tertiary/aromatic N) is 5. The Kier molecular flexibility index (Phi) is 14.8. The van der Waals surface area contributed by atoms with Gasteiger partial charge < -0.3 is 20.3 Å². The molecule has 2 bridgehead atoms. The van der Waals surface area contributed by atoms with Gasteiger partial charge in [-0.15, -0.1) is 0 Å². The topological polar surface area (TPSA) is 285 Å². The van der Waals surface area contributed by atoms with Gasteiger partial charge in [-0.2, -0.15) is 0 Å². The molecule has 6 heterocycles. The predicted molar refractivity (Wildman–Crippen MR) is 268 cm³/mol. The molecule has 2 unspecified atom stereocenters. The summed E-state index contributed by atoms with van der Waals surface area (Å²) in [6.07, 6.45) is -6.29. The molecule has 0 spiro atoms. The van der Waals surface area contributed by atoms with Crippen LogP contribution in [-0.4, -0.2) is 95.8 Å². The third-order valence-corrected chi connectivity index (χ3v) is 19.6. The lowest BCUT2D eigenvalue weighted by molar-refractivity contribution is -0.0569. The van der Waals surface area contributed by atoms with Gasteiger partial charge in [-0.25, -0.2) is 33.3 Å². The highest BCUT2D eigenvalue weighted by atomic mass is 32.7. The highest BCUT2D eigenvalue weighted by Crippen LogP contribution is 2.67. The number of fused-ring (bicyclic) bond motifs is 4. The highest BCUT2D eigenvalue weighted by Gasteiger charge is 2.53. The van der Waals surface area contributed by atoms with Gasteiger partial charge in [0.2, 0.25) is 0 Å². The zero-order valence-corrected chi connectivity index (χ0v) is 41.8. The number of anilines is 1. The number of nitrogens with one attached hydrogen (secondary N) is 1. The van der Waals surface area contributed by atoms with Gasteiger partial charge in [-0.3, -0.25) is 51.4 Å². The quantitative estimate of drug-likeness (QED) is 0.0577. The molecule has 4 aromatic carbocycles. The molecule has 0 radical (unpaired) electrons. The van der Waals surface area contributed by atoms with E-state index in [9.17, 15) is 29.1 Å². The van der Waals surface area contributed by atoms with Crippen LogP contribution in [0.15, 0.2) is 132 Å². The van der Waals surface area contributed by atoms with Crippen molar-refractivity contribution in [3.8, 4) is 5.75 Å². The molecular formula is C48H42FN7O14P2S2. The van der Waals surface area contributed by atoms with E-state index in [0.717, 1.165) is 22.0 Å². The number of ether oxygens (including phenoxy) is 2. The molecule has 3 aliphatic rings. The van der Waals surface area contributed by atoms with Crippen molar-refractivity contribution < 1.29 is 60.6 Å². The van der Waals surface area contributed by atoms with Crippen molar-refractivity contribution in [2.75, 3.05) is 18.9 Å². The monoisotopic (exact) mass is 1090 g/mol. The van der Waals surface area contributed by atoms with Crippen molar-refractivity contribution in [1.82, 2.24) is 29.1 Å². The number of H-pyrrole nitrogens is 1. The van der Waals surface area contributed by atoms with E-state index in [1.807, 2.05) is 0 Å². The fourth-order valence-corrected chi connectivity index (χ4v) is 15.1. The fourth-order valence-electron chi connectivity index (χ4n) is 8.32. The van der Waals surface area contributed by atoms with Crippen molar-refractivity contribution >= 4 is 71.2 Å². The second-order valence-electron chi connectivity index (χ2n) is 17.1. The number of imidazole rings is 1. The smallest absolute Gasteiger partial charge is 0.390 e. The van der Waals surface area contributed by atoms with Crippen LogP contribution in [0.1, 0.15) is 72.2 Å². The van der Waals surface area contributed by atoms with Crippen LogP contribution in [0.2, 0.25) is 0 Å². The molecule has 382 valence electrons. The third kappa shape index (κ3) is 11.0. The summed E-state index contributed by atoms with van der Waals surface area (Å²) in [5.74, 6) is -0.656. The number of benzene rings is 4. The molecule has 0 saturated carbocycles. The fraction of sp³-hybridized carbons (Fsp3) is 0.250. The Morgan fingerprint density at radius 1 is 0.743 bits per heavy atom. The first-order chi connectivity index (χ1) is 35.6. The van der Waals surface area contributed by atoms with Gasteiger partial charge in [0.1, 0.15) is 54.5 Å². The zero-order chi connectivity index (χ0) is 51.7. The van der Waals surface area contributed by atoms with Crippen LogP contribution in [0.5, 0.6) is 5.75 Å². The van der Waals surface area contributed by atoms with E-state index in [1.165, 1.54) is 59.8 Å². The van der Waals surface area contributed by atoms with Crippen molar-refractivity contribution in [2.45, 2.75) is 61.0 Å². The number of phenolic OH excluding ortho intramolecular Hbond substituents is 1. The number of nitrogen functional groups attached to an aromatic ring is 1. The minimum atomic E-state index is -4.59. The molecule has 3 saturated heterocycles. The number of halogens is 1. The summed E-state index contributed by atoms with van der Waals surface area (Å²) >= 11 is 1.45. The third-order valence-electron chi connectivity index (χ3n) is 12.2. The van der Waals surface area contributed by atoms with Gasteiger partial charge in [0.15, 0.2) is 35.4 Å². The maximum Gasteiger partial charge on any atom is 0.390 e. The molecule has 0 aliphatic carbocycles. The maximum atomic E-state index is 17.2. The number of alkyl halides is 1. The Balaban J connectivity index is 0.959. The Hall–Kier alpha value is -6.43. The first kappa shape index (κ1) is 51.1. The summed E-state index contributed by atoms with van der Waals surface area (Å²) in [5.41, 5.74) is 7.85. The van der Waals surface area contributed by atoms with Crippen LogP contribution in [0.25, 0.3) is 11.2 Å². The molecule has 3 aromatic heterocycles. The van der Waals surface area contributed by atoms with E-state index in [4.69, 9.17) is 33.3 Å².